The molecule has 0 aliphatic carbocycles. The highest BCUT2D eigenvalue weighted by atomic mass is 16.4. The third-order valence-corrected chi connectivity index (χ3v) is 7.18. The van der Waals surface area contributed by atoms with Gasteiger partial charge in [-0.25, -0.2) is 0 Å². The van der Waals surface area contributed by atoms with Crippen LogP contribution in [0.5, 0.6) is 0 Å². The number of anilines is 2. The Labute approximate surface area is 208 Å². The van der Waals surface area contributed by atoms with E-state index in [1.165, 1.54) is 0 Å². The number of benzene rings is 2. The van der Waals surface area contributed by atoms with Crippen molar-refractivity contribution in [3.05, 3.63) is 59.7 Å². The number of rotatable bonds is 6. The van der Waals surface area contributed by atoms with Crippen molar-refractivity contribution in [1.82, 2.24) is 9.80 Å². The number of carboxylic acids is 2. The number of aliphatic carboxylic acids is 2. The Balaban J connectivity index is 0.00000167. The predicted octanol–water partition coefficient (Wildman–Crippen LogP) is 4.70. The Morgan fingerprint density at radius 1 is 0.771 bits per heavy atom. The molecule has 7 heteroatoms. The van der Waals surface area contributed by atoms with E-state index in [1.54, 1.807) is 0 Å². The van der Waals surface area contributed by atoms with Crippen LogP contribution in [0.1, 0.15) is 49.7 Å². The summed E-state index contributed by atoms with van der Waals surface area (Å²) in [6.07, 6.45) is 1.30. The molecule has 35 heavy (non-hydrogen) atoms. The maximum Gasteiger partial charge on any atom is 0.307 e. The van der Waals surface area contributed by atoms with Crippen LogP contribution in [0.25, 0.3) is 0 Å². The Morgan fingerprint density at radius 3 is 1.54 bits per heavy atom. The van der Waals surface area contributed by atoms with Gasteiger partial charge >= 0.3 is 11.9 Å². The fraction of sp³-hybridized carbons (Fsp3) is 0.500. The fourth-order valence-electron chi connectivity index (χ4n) is 5.36. The number of likely N-dealkylation sites (N-methyl/N-ethyl adjacent to an activating group) is 2. The molecule has 190 valence electrons. The zero-order chi connectivity index (χ0) is 25.5. The van der Waals surface area contributed by atoms with Gasteiger partial charge in [-0.2, -0.15) is 0 Å². The van der Waals surface area contributed by atoms with E-state index in [0.717, 1.165) is 48.7 Å². The maximum atomic E-state index is 11.8. The lowest BCUT2D eigenvalue weighted by molar-refractivity contribution is -0.145. The Hall–Kier alpha value is -2.90. The van der Waals surface area contributed by atoms with E-state index in [-0.39, 0.29) is 23.7 Å². The molecule has 2 aromatic carbocycles. The van der Waals surface area contributed by atoms with Gasteiger partial charge < -0.3 is 25.3 Å². The van der Waals surface area contributed by atoms with Crippen LogP contribution in [0, 0.1) is 11.8 Å². The molecule has 0 radical (unpaired) electrons. The number of piperidine rings is 2. The van der Waals surface area contributed by atoms with E-state index in [4.69, 9.17) is 0 Å². The van der Waals surface area contributed by atoms with Crippen molar-refractivity contribution in [2.24, 2.45) is 11.8 Å². The molecular formula is C28H39N3O4. The van der Waals surface area contributed by atoms with Crippen LogP contribution in [0.3, 0.4) is 0 Å². The van der Waals surface area contributed by atoms with Gasteiger partial charge in [0.15, 0.2) is 0 Å². The van der Waals surface area contributed by atoms with E-state index in [1.807, 2.05) is 76.5 Å². The molecule has 0 spiro atoms. The first-order chi connectivity index (χ1) is 16.8. The second-order valence-corrected chi connectivity index (χ2v) is 9.58. The van der Waals surface area contributed by atoms with E-state index in [9.17, 15) is 19.8 Å². The number of nitrogens with zero attached hydrogens (tertiary/aromatic N) is 2. The van der Waals surface area contributed by atoms with Crippen molar-refractivity contribution in [2.75, 3.05) is 45.6 Å². The smallest absolute Gasteiger partial charge is 0.307 e. The Bertz CT molecular complexity index is 932. The van der Waals surface area contributed by atoms with Gasteiger partial charge in [-0.3, -0.25) is 9.59 Å². The molecule has 7 nitrogen and oxygen atoms in total. The first kappa shape index (κ1) is 26.7. The molecule has 2 aliphatic heterocycles. The summed E-state index contributed by atoms with van der Waals surface area (Å²) >= 11 is 0. The molecule has 2 fully saturated rings. The molecule has 0 amide bonds. The number of likely N-dealkylation sites (tertiary alicyclic amines) is 2. The van der Waals surface area contributed by atoms with E-state index >= 15 is 0 Å². The first-order valence-electron chi connectivity index (χ1n) is 12.6. The van der Waals surface area contributed by atoms with Crippen molar-refractivity contribution in [3.8, 4) is 0 Å². The third-order valence-electron chi connectivity index (χ3n) is 7.18. The summed E-state index contributed by atoms with van der Waals surface area (Å²) in [7, 11) is 4.07. The number of hydrogen-bond acceptors (Lipinski definition) is 5. The van der Waals surface area contributed by atoms with Gasteiger partial charge in [0.2, 0.25) is 0 Å². The number of carboxylic acid groups (broad SMARTS) is 2. The van der Waals surface area contributed by atoms with Crippen molar-refractivity contribution in [1.29, 1.82) is 0 Å². The first-order valence-corrected chi connectivity index (χ1v) is 12.6. The lowest BCUT2D eigenvalue weighted by Gasteiger charge is -2.35. The SMILES string of the molecule is CC.CN1CCC(C(=O)O)C(c2cccc(Nc3cccc(C4CN(C)CCC4C(=O)O)c3)c2)C1. The van der Waals surface area contributed by atoms with Crippen LogP contribution in [0.4, 0.5) is 11.4 Å². The molecule has 4 rings (SSSR count). The van der Waals surface area contributed by atoms with Gasteiger partial charge in [0.1, 0.15) is 0 Å². The third kappa shape index (κ3) is 6.61. The molecular weight excluding hydrogens is 442 g/mol. The molecule has 0 aromatic heterocycles. The fourth-order valence-corrected chi connectivity index (χ4v) is 5.36. The van der Waals surface area contributed by atoms with Crippen molar-refractivity contribution < 1.29 is 19.8 Å². The van der Waals surface area contributed by atoms with Gasteiger partial charge in [-0.05, 0) is 75.4 Å². The minimum atomic E-state index is -0.732. The summed E-state index contributed by atoms with van der Waals surface area (Å²) in [5, 5.41) is 22.9. The van der Waals surface area contributed by atoms with Gasteiger partial charge in [-0.1, -0.05) is 38.1 Å². The van der Waals surface area contributed by atoms with Crippen LogP contribution in [0.2, 0.25) is 0 Å². The molecule has 2 aliphatic rings. The second-order valence-electron chi connectivity index (χ2n) is 9.58. The maximum absolute atomic E-state index is 11.8. The summed E-state index contributed by atoms with van der Waals surface area (Å²) in [6, 6.07) is 16.0. The monoisotopic (exact) mass is 481 g/mol. The number of hydrogen-bond donors (Lipinski definition) is 3. The second kappa shape index (κ2) is 12.2. The topological polar surface area (TPSA) is 93.1 Å². The molecule has 2 saturated heterocycles. The van der Waals surface area contributed by atoms with Crippen LogP contribution < -0.4 is 5.32 Å². The number of carbonyl (C=O) groups is 2. The van der Waals surface area contributed by atoms with E-state index in [0.29, 0.717) is 12.8 Å². The Morgan fingerprint density at radius 2 is 1.17 bits per heavy atom. The largest absolute Gasteiger partial charge is 0.481 e. The van der Waals surface area contributed by atoms with Crippen LogP contribution in [-0.2, 0) is 9.59 Å². The molecule has 2 heterocycles. The Kier molecular flexibility index (Phi) is 9.29. The zero-order valence-corrected chi connectivity index (χ0v) is 21.3. The quantitative estimate of drug-likeness (QED) is 0.551. The average Bonchev–Trinajstić information content (AvgIpc) is 2.85. The lowest BCUT2D eigenvalue weighted by atomic mass is 9.80. The number of nitrogens with one attached hydrogen (secondary N) is 1. The van der Waals surface area contributed by atoms with Gasteiger partial charge in [0.05, 0.1) is 11.8 Å². The van der Waals surface area contributed by atoms with Crippen LogP contribution in [-0.4, -0.2) is 72.2 Å². The van der Waals surface area contributed by atoms with Gasteiger partial charge in [0, 0.05) is 36.3 Å². The van der Waals surface area contributed by atoms with E-state index < -0.39 is 11.9 Å². The highest BCUT2D eigenvalue weighted by molar-refractivity contribution is 5.73. The molecule has 4 unspecified atom stereocenters. The van der Waals surface area contributed by atoms with Gasteiger partial charge in [0.25, 0.3) is 0 Å². The predicted molar refractivity (Wildman–Crippen MR) is 139 cm³/mol. The standard InChI is InChI=1S/C26H33N3O4.C2H6/c1-28-11-9-21(25(30)31)23(15-28)17-5-3-7-19(13-17)27-20-8-4-6-18(14-20)24-16-29(2)12-10-22(24)26(32)33;1-2/h3-8,13-14,21-24,27H,9-12,15-16H2,1-2H3,(H,30,31)(H,32,33);1-2H3. The van der Waals surface area contributed by atoms with Crippen LogP contribution >= 0.6 is 0 Å². The summed E-state index contributed by atoms with van der Waals surface area (Å²) in [5.74, 6) is -2.33. The zero-order valence-electron chi connectivity index (χ0n) is 21.3. The summed E-state index contributed by atoms with van der Waals surface area (Å²) < 4.78 is 0. The summed E-state index contributed by atoms with van der Waals surface area (Å²) in [6.45, 7) is 7.04. The normalized spacial score (nSPS) is 25.3. The lowest BCUT2D eigenvalue weighted by Crippen LogP contribution is -2.39. The summed E-state index contributed by atoms with van der Waals surface area (Å²) in [4.78, 5) is 28.0. The molecule has 0 bridgehead atoms. The molecule has 2 aromatic rings. The van der Waals surface area contributed by atoms with Crippen molar-refractivity contribution in [2.45, 2.75) is 38.5 Å². The highest BCUT2D eigenvalue weighted by Crippen LogP contribution is 2.36. The van der Waals surface area contributed by atoms with Gasteiger partial charge in [-0.15, -0.1) is 0 Å². The molecule has 4 atom stereocenters. The summed E-state index contributed by atoms with van der Waals surface area (Å²) in [5.41, 5.74) is 3.85. The average molecular weight is 482 g/mol. The molecule has 0 saturated carbocycles. The highest BCUT2D eigenvalue weighted by Gasteiger charge is 2.35. The van der Waals surface area contributed by atoms with Crippen molar-refractivity contribution in [3.63, 3.8) is 0 Å². The van der Waals surface area contributed by atoms with Crippen molar-refractivity contribution >= 4 is 23.3 Å². The minimum Gasteiger partial charge on any atom is -0.481 e. The van der Waals surface area contributed by atoms with Crippen LogP contribution in [0.15, 0.2) is 48.5 Å². The molecule has 3 N–H and O–H groups in total. The minimum absolute atomic E-state index is 0.0524. The van der Waals surface area contributed by atoms with E-state index in [2.05, 4.69) is 15.1 Å².